The molecule has 0 aromatic heterocycles. The third kappa shape index (κ3) is 3.92. The second-order valence-corrected chi connectivity index (χ2v) is 8.03. The Labute approximate surface area is 178 Å². The zero-order chi connectivity index (χ0) is 21.3. The molecule has 0 unspecified atom stereocenters. The van der Waals surface area contributed by atoms with E-state index in [-0.39, 0.29) is 0 Å². The van der Waals surface area contributed by atoms with E-state index in [2.05, 4.69) is 105 Å². The third-order valence-electron chi connectivity index (χ3n) is 5.47. The number of allylic oxidation sites excluding steroid dienone is 1. The van der Waals surface area contributed by atoms with E-state index in [1.165, 1.54) is 33.3 Å². The number of fused-ring (bicyclic) bond motifs is 1. The molecule has 0 bridgehead atoms. The molecule has 1 N–H and O–H groups in total. The van der Waals surface area contributed by atoms with E-state index in [9.17, 15) is 0 Å². The van der Waals surface area contributed by atoms with Gasteiger partial charge in [0.2, 0.25) is 0 Å². The molecule has 3 aromatic carbocycles. The molecular weight excluding hydrogens is 366 g/mol. The second kappa shape index (κ2) is 8.03. The van der Waals surface area contributed by atoms with Crippen molar-refractivity contribution in [2.45, 2.75) is 0 Å². The lowest BCUT2D eigenvalue weighted by Crippen LogP contribution is -2.18. The van der Waals surface area contributed by atoms with Crippen LogP contribution < -0.4 is 20.2 Å². The van der Waals surface area contributed by atoms with Crippen molar-refractivity contribution >= 4 is 34.8 Å². The van der Waals surface area contributed by atoms with Gasteiger partial charge in [-0.15, -0.1) is 0 Å². The highest BCUT2D eigenvalue weighted by atomic mass is 15.1. The molecule has 0 saturated heterocycles. The Bertz CT molecular complexity index is 1180. The maximum absolute atomic E-state index is 7.88. The van der Waals surface area contributed by atoms with Crippen LogP contribution in [0.5, 0.6) is 0 Å². The highest BCUT2D eigenvalue weighted by Gasteiger charge is 2.09. The predicted octanol–water partition coefficient (Wildman–Crippen LogP) is 3.89. The predicted molar refractivity (Wildman–Crippen MR) is 130 cm³/mol. The summed E-state index contributed by atoms with van der Waals surface area (Å²) in [4.78, 5) is 4.23. The molecule has 0 saturated carbocycles. The standard InChI is InChI=1S/C27H27N3/c1-29(2)25-13-8-19(9-14-25)27(20-10-15-26(16-11-20)30(3)4)23-6-5-22-18-24(28)12-7-21(22)17-23/h5-18,28H,1-4H3. The van der Waals surface area contributed by atoms with Gasteiger partial charge in [-0.25, -0.2) is 0 Å². The van der Waals surface area contributed by atoms with E-state index in [0.29, 0.717) is 5.71 Å². The number of nitrogens with zero attached hydrogens (tertiary/aromatic N) is 2. The van der Waals surface area contributed by atoms with Crippen LogP contribution in [0.2, 0.25) is 0 Å². The fraction of sp³-hybridized carbons (Fsp3) is 0.148. The molecule has 150 valence electrons. The zero-order valence-electron chi connectivity index (χ0n) is 18.0. The molecule has 0 atom stereocenters. The van der Waals surface area contributed by atoms with Crippen LogP contribution in [0.4, 0.5) is 11.4 Å². The normalized spacial score (nSPS) is 12.2. The Morgan fingerprint density at radius 2 is 1.20 bits per heavy atom. The number of rotatable bonds is 4. The first-order valence-corrected chi connectivity index (χ1v) is 10.1. The summed E-state index contributed by atoms with van der Waals surface area (Å²) in [6.07, 6.45) is 5.79. The van der Waals surface area contributed by atoms with E-state index in [1.807, 2.05) is 18.2 Å². The molecule has 3 heteroatoms. The average Bonchev–Trinajstić information content (AvgIpc) is 2.74. The molecule has 1 aliphatic rings. The van der Waals surface area contributed by atoms with Gasteiger partial charge < -0.3 is 15.2 Å². The summed E-state index contributed by atoms with van der Waals surface area (Å²) in [5, 5.41) is 10.2. The third-order valence-corrected chi connectivity index (χ3v) is 5.47. The van der Waals surface area contributed by atoms with Crippen LogP contribution in [0, 0.1) is 5.41 Å². The monoisotopic (exact) mass is 393 g/mol. The number of hydrogen-bond donors (Lipinski definition) is 1. The van der Waals surface area contributed by atoms with Crippen LogP contribution in [0.3, 0.4) is 0 Å². The Hall–Kier alpha value is -3.59. The van der Waals surface area contributed by atoms with Gasteiger partial charge in [-0.3, -0.25) is 0 Å². The molecule has 0 spiro atoms. The van der Waals surface area contributed by atoms with Crippen LogP contribution in [-0.4, -0.2) is 33.9 Å². The number of nitrogens with one attached hydrogen (secondary N) is 1. The largest absolute Gasteiger partial charge is 0.378 e. The molecular formula is C27H27N3. The minimum absolute atomic E-state index is 0.540. The smallest absolute Gasteiger partial charge is 0.0546 e. The van der Waals surface area contributed by atoms with Crippen molar-refractivity contribution in [1.29, 1.82) is 5.41 Å². The van der Waals surface area contributed by atoms with Crippen LogP contribution in [0.1, 0.15) is 16.7 Å². The Morgan fingerprint density at radius 3 is 1.70 bits per heavy atom. The fourth-order valence-electron chi connectivity index (χ4n) is 3.75. The highest BCUT2D eigenvalue weighted by Crippen LogP contribution is 2.25. The topological polar surface area (TPSA) is 30.3 Å². The Morgan fingerprint density at radius 1 is 0.667 bits per heavy atom. The maximum atomic E-state index is 7.88. The van der Waals surface area contributed by atoms with Gasteiger partial charge in [0, 0.05) is 39.6 Å². The van der Waals surface area contributed by atoms with Crippen LogP contribution >= 0.6 is 0 Å². The van der Waals surface area contributed by atoms with Crippen molar-refractivity contribution in [3.63, 3.8) is 0 Å². The van der Waals surface area contributed by atoms with Crippen LogP contribution in [0.15, 0.2) is 72.8 Å². The molecule has 1 aliphatic carbocycles. The Kier molecular flexibility index (Phi) is 5.28. The summed E-state index contributed by atoms with van der Waals surface area (Å²) in [6.45, 7) is 0. The lowest BCUT2D eigenvalue weighted by molar-refractivity contribution is 1.13. The molecule has 0 radical (unpaired) electrons. The van der Waals surface area contributed by atoms with Gasteiger partial charge in [-0.2, -0.15) is 0 Å². The summed E-state index contributed by atoms with van der Waals surface area (Å²) < 4.78 is 0. The van der Waals surface area contributed by atoms with Gasteiger partial charge in [0.05, 0.1) is 5.71 Å². The minimum Gasteiger partial charge on any atom is -0.378 e. The van der Waals surface area contributed by atoms with Crippen molar-refractivity contribution < 1.29 is 0 Å². The van der Waals surface area contributed by atoms with Crippen molar-refractivity contribution in [3.05, 3.63) is 99.9 Å². The molecule has 0 fully saturated rings. The Balaban J connectivity index is 1.94. The fourth-order valence-corrected chi connectivity index (χ4v) is 3.75. The minimum atomic E-state index is 0.540. The van der Waals surface area contributed by atoms with Crippen molar-refractivity contribution in [3.8, 4) is 0 Å². The first-order valence-electron chi connectivity index (χ1n) is 10.1. The van der Waals surface area contributed by atoms with Gasteiger partial charge >= 0.3 is 0 Å². The SMILES string of the molecule is CN(C)c1ccc(C(c2ccc(N(C)C)cc2)=c2ccc3c(c2)C=CC(=N)C=3)cc1. The van der Waals surface area contributed by atoms with Gasteiger partial charge in [-0.1, -0.05) is 42.5 Å². The second-order valence-electron chi connectivity index (χ2n) is 8.03. The van der Waals surface area contributed by atoms with Crippen LogP contribution in [-0.2, 0) is 0 Å². The molecule has 30 heavy (non-hydrogen) atoms. The summed E-state index contributed by atoms with van der Waals surface area (Å²) in [5.41, 5.74) is 7.64. The van der Waals surface area contributed by atoms with Crippen molar-refractivity contribution in [1.82, 2.24) is 0 Å². The van der Waals surface area contributed by atoms with Gasteiger partial charge in [0.1, 0.15) is 0 Å². The van der Waals surface area contributed by atoms with Crippen molar-refractivity contribution in [2.24, 2.45) is 0 Å². The molecule has 3 nitrogen and oxygen atoms in total. The number of benzene rings is 3. The lowest BCUT2D eigenvalue weighted by atomic mass is 9.93. The summed E-state index contributed by atoms with van der Waals surface area (Å²) in [6, 6.07) is 23.9. The molecule has 4 rings (SSSR count). The number of anilines is 2. The molecule has 0 amide bonds. The van der Waals surface area contributed by atoms with Crippen molar-refractivity contribution in [2.75, 3.05) is 38.0 Å². The van der Waals surface area contributed by atoms with Gasteiger partial charge in [0.25, 0.3) is 0 Å². The maximum Gasteiger partial charge on any atom is 0.0546 e. The van der Waals surface area contributed by atoms with E-state index in [4.69, 9.17) is 5.41 Å². The van der Waals surface area contributed by atoms with E-state index in [1.54, 1.807) is 0 Å². The average molecular weight is 394 g/mol. The van der Waals surface area contributed by atoms with Gasteiger partial charge in [0.15, 0.2) is 0 Å². The lowest BCUT2D eigenvalue weighted by Gasteiger charge is -2.16. The first kappa shape index (κ1) is 19.7. The first-order chi connectivity index (χ1) is 14.4. The molecule has 3 aromatic rings. The van der Waals surface area contributed by atoms with E-state index >= 15 is 0 Å². The zero-order valence-corrected chi connectivity index (χ0v) is 18.0. The summed E-state index contributed by atoms with van der Waals surface area (Å²) >= 11 is 0. The van der Waals surface area contributed by atoms with E-state index < -0.39 is 0 Å². The summed E-state index contributed by atoms with van der Waals surface area (Å²) in [7, 11) is 8.24. The molecule has 0 heterocycles. The highest BCUT2D eigenvalue weighted by molar-refractivity contribution is 6.18. The quantitative estimate of drug-likeness (QED) is 0.729. The molecule has 0 aliphatic heterocycles. The van der Waals surface area contributed by atoms with Gasteiger partial charge in [-0.05, 0) is 75.2 Å². The van der Waals surface area contributed by atoms with Crippen LogP contribution in [0.25, 0.3) is 17.7 Å². The summed E-state index contributed by atoms with van der Waals surface area (Å²) in [5.74, 6) is 0. The number of hydrogen-bond acceptors (Lipinski definition) is 3. The van der Waals surface area contributed by atoms with E-state index in [0.717, 1.165) is 10.8 Å².